The van der Waals surface area contributed by atoms with Crippen molar-refractivity contribution in [1.82, 2.24) is 5.43 Å². The molecule has 0 aromatic heterocycles. The summed E-state index contributed by atoms with van der Waals surface area (Å²) in [4.78, 5) is 12.0. The van der Waals surface area contributed by atoms with Gasteiger partial charge in [0.25, 0.3) is 5.91 Å². The highest BCUT2D eigenvalue weighted by atomic mass is 35.5. The molecule has 0 aliphatic carbocycles. The minimum Gasteiger partial charge on any atom is -0.490 e. The van der Waals surface area contributed by atoms with Crippen LogP contribution in [0.3, 0.4) is 0 Å². The summed E-state index contributed by atoms with van der Waals surface area (Å²) in [6, 6.07) is 20.8. The third-order valence-corrected chi connectivity index (χ3v) is 4.73. The SMILES string of the molecule is CCOc1cc(/C=N\NC(=O)CNc2ccc(C)cc2)ccc1OCc1ccc(Cl)cc1. The lowest BCUT2D eigenvalue weighted by Crippen LogP contribution is -2.25. The molecule has 0 saturated heterocycles. The van der Waals surface area contributed by atoms with Crippen molar-refractivity contribution in [3.8, 4) is 11.5 Å². The number of amides is 1. The number of hydrogen-bond acceptors (Lipinski definition) is 5. The number of halogens is 1. The predicted molar refractivity (Wildman–Crippen MR) is 129 cm³/mol. The van der Waals surface area contributed by atoms with Crippen LogP contribution in [0, 0.1) is 6.92 Å². The van der Waals surface area contributed by atoms with Crippen molar-refractivity contribution in [1.29, 1.82) is 0 Å². The fourth-order valence-electron chi connectivity index (χ4n) is 2.81. The Morgan fingerprint density at radius 1 is 1.00 bits per heavy atom. The van der Waals surface area contributed by atoms with Crippen LogP contribution in [-0.4, -0.2) is 25.3 Å². The number of aryl methyl sites for hydroxylation is 1. The van der Waals surface area contributed by atoms with Crippen LogP contribution >= 0.6 is 11.6 Å². The third kappa shape index (κ3) is 7.32. The average molecular weight is 452 g/mol. The number of nitrogens with zero attached hydrogens (tertiary/aromatic N) is 1. The monoisotopic (exact) mass is 451 g/mol. The Balaban J connectivity index is 1.54. The fourth-order valence-corrected chi connectivity index (χ4v) is 2.93. The Morgan fingerprint density at radius 3 is 2.47 bits per heavy atom. The number of benzene rings is 3. The van der Waals surface area contributed by atoms with Gasteiger partial charge in [0.1, 0.15) is 6.61 Å². The molecule has 0 fully saturated rings. The molecule has 7 heteroatoms. The van der Waals surface area contributed by atoms with E-state index in [0.717, 1.165) is 22.4 Å². The molecular weight excluding hydrogens is 426 g/mol. The molecule has 3 rings (SSSR count). The van der Waals surface area contributed by atoms with E-state index in [2.05, 4.69) is 15.8 Å². The summed E-state index contributed by atoms with van der Waals surface area (Å²) in [6.45, 7) is 4.95. The van der Waals surface area contributed by atoms with Crippen LogP contribution in [0.5, 0.6) is 11.5 Å². The Morgan fingerprint density at radius 2 is 1.75 bits per heavy atom. The highest BCUT2D eigenvalue weighted by Gasteiger charge is 2.07. The largest absolute Gasteiger partial charge is 0.490 e. The van der Waals surface area contributed by atoms with E-state index in [1.54, 1.807) is 6.21 Å². The van der Waals surface area contributed by atoms with Gasteiger partial charge in [0.2, 0.25) is 0 Å². The number of rotatable bonds is 10. The van der Waals surface area contributed by atoms with Gasteiger partial charge in [0, 0.05) is 10.7 Å². The topological polar surface area (TPSA) is 72.0 Å². The zero-order valence-electron chi connectivity index (χ0n) is 18.1. The van der Waals surface area contributed by atoms with Gasteiger partial charge in [-0.3, -0.25) is 4.79 Å². The zero-order chi connectivity index (χ0) is 22.8. The first kappa shape index (κ1) is 23.2. The Hall–Kier alpha value is -3.51. The highest BCUT2D eigenvalue weighted by molar-refractivity contribution is 6.30. The number of nitrogens with one attached hydrogen (secondary N) is 2. The molecule has 0 radical (unpaired) electrons. The second kappa shape index (κ2) is 11.8. The van der Waals surface area contributed by atoms with Crippen molar-refractivity contribution < 1.29 is 14.3 Å². The summed E-state index contributed by atoms with van der Waals surface area (Å²) >= 11 is 5.92. The molecule has 0 atom stereocenters. The van der Waals surface area contributed by atoms with Crippen molar-refractivity contribution in [3.05, 3.63) is 88.4 Å². The molecule has 0 aliphatic heterocycles. The summed E-state index contributed by atoms with van der Waals surface area (Å²) in [5, 5.41) is 7.77. The lowest BCUT2D eigenvalue weighted by molar-refractivity contribution is -0.119. The molecule has 0 unspecified atom stereocenters. The maximum Gasteiger partial charge on any atom is 0.259 e. The molecule has 166 valence electrons. The van der Waals surface area contributed by atoms with E-state index in [1.165, 1.54) is 0 Å². The van der Waals surface area contributed by atoms with E-state index in [0.29, 0.717) is 29.7 Å². The third-order valence-electron chi connectivity index (χ3n) is 4.48. The quantitative estimate of drug-likeness (QED) is 0.329. The smallest absolute Gasteiger partial charge is 0.259 e. The van der Waals surface area contributed by atoms with Gasteiger partial charge in [-0.2, -0.15) is 5.10 Å². The van der Waals surface area contributed by atoms with Gasteiger partial charge in [-0.15, -0.1) is 0 Å². The summed E-state index contributed by atoms with van der Waals surface area (Å²) in [7, 11) is 0. The first-order chi connectivity index (χ1) is 15.5. The van der Waals surface area contributed by atoms with Crippen LogP contribution in [-0.2, 0) is 11.4 Å². The molecule has 2 N–H and O–H groups in total. The molecule has 32 heavy (non-hydrogen) atoms. The van der Waals surface area contributed by atoms with Gasteiger partial charge in [0.15, 0.2) is 11.5 Å². The maximum absolute atomic E-state index is 12.0. The first-order valence-electron chi connectivity index (χ1n) is 10.3. The number of ether oxygens (including phenoxy) is 2. The zero-order valence-corrected chi connectivity index (χ0v) is 18.9. The van der Waals surface area contributed by atoms with Crippen LogP contribution in [0.4, 0.5) is 5.69 Å². The average Bonchev–Trinajstić information content (AvgIpc) is 2.79. The molecular formula is C25H26ClN3O3. The molecule has 0 spiro atoms. The Labute approximate surface area is 193 Å². The van der Waals surface area contributed by atoms with Crippen LogP contribution in [0.2, 0.25) is 5.02 Å². The number of carbonyl (C=O) groups excluding carboxylic acids is 1. The van der Waals surface area contributed by atoms with Gasteiger partial charge in [-0.05, 0) is 67.4 Å². The standard InChI is InChI=1S/C25H26ClN3O3/c1-3-31-24-14-20(8-13-23(24)32-17-19-6-9-21(26)10-7-19)15-28-29-25(30)16-27-22-11-4-18(2)5-12-22/h4-15,27H,3,16-17H2,1-2H3,(H,29,30)/b28-15-. The lowest BCUT2D eigenvalue weighted by atomic mass is 10.2. The minimum absolute atomic E-state index is 0.127. The van der Waals surface area contributed by atoms with Crippen molar-refractivity contribution in [2.75, 3.05) is 18.5 Å². The second-order valence-corrected chi connectivity index (χ2v) is 7.50. The van der Waals surface area contributed by atoms with E-state index in [-0.39, 0.29) is 12.5 Å². The number of hydrazone groups is 1. The number of carbonyl (C=O) groups is 1. The van der Waals surface area contributed by atoms with E-state index in [9.17, 15) is 4.79 Å². The van der Waals surface area contributed by atoms with E-state index >= 15 is 0 Å². The molecule has 0 saturated carbocycles. The van der Waals surface area contributed by atoms with Crippen LogP contribution < -0.4 is 20.2 Å². The van der Waals surface area contributed by atoms with Crippen molar-refractivity contribution in [2.45, 2.75) is 20.5 Å². The Bertz CT molecular complexity index is 1050. The van der Waals surface area contributed by atoms with Crippen molar-refractivity contribution in [2.24, 2.45) is 5.10 Å². The number of anilines is 1. The lowest BCUT2D eigenvalue weighted by Gasteiger charge is -2.12. The van der Waals surface area contributed by atoms with Gasteiger partial charge >= 0.3 is 0 Å². The van der Waals surface area contributed by atoms with E-state index in [4.69, 9.17) is 21.1 Å². The molecule has 3 aromatic rings. The van der Waals surface area contributed by atoms with Crippen LogP contribution in [0.1, 0.15) is 23.6 Å². The molecule has 0 bridgehead atoms. The van der Waals surface area contributed by atoms with Gasteiger partial charge < -0.3 is 14.8 Å². The summed E-state index contributed by atoms with van der Waals surface area (Å²) in [6.07, 6.45) is 1.56. The summed E-state index contributed by atoms with van der Waals surface area (Å²) < 4.78 is 11.6. The summed E-state index contributed by atoms with van der Waals surface area (Å²) in [5.74, 6) is 0.998. The van der Waals surface area contributed by atoms with Crippen molar-refractivity contribution >= 4 is 29.4 Å². The second-order valence-electron chi connectivity index (χ2n) is 7.07. The summed E-state index contributed by atoms with van der Waals surface area (Å²) in [5.41, 5.74) is 6.34. The molecule has 3 aromatic carbocycles. The van der Waals surface area contributed by atoms with E-state index < -0.39 is 0 Å². The predicted octanol–water partition coefficient (Wildman–Crippen LogP) is 5.19. The van der Waals surface area contributed by atoms with Crippen molar-refractivity contribution in [3.63, 3.8) is 0 Å². The fraction of sp³-hybridized carbons (Fsp3) is 0.200. The molecule has 0 heterocycles. The van der Waals surface area contributed by atoms with Gasteiger partial charge in [0.05, 0.1) is 19.4 Å². The molecule has 0 aliphatic rings. The molecule has 1 amide bonds. The minimum atomic E-state index is -0.241. The maximum atomic E-state index is 12.0. The molecule has 6 nitrogen and oxygen atoms in total. The Kier molecular flexibility index (Phi) is 8.52. The van der Waals surface area contributed by atoms with Crippen LogP contribution in [0.25, 0.3) is 0 Å². The van der Waals surface area contributed by atoms with Gasteiger partial charge in [-0.25, -0.2) is 5.43 Å². The first-order valence-corrected chi connectivity index (χ1v) is 10.7. The normalized spacial score (nSPS) is 10.7. The van der Waals surface area contributed by atoms with E-state index in [1.807, 2.05) is 80.6 Å². The van der Waals surface area contributed by atoms with Crippen LogP contribution in [0.15, 0.2) is 71.8 Å². The van der Waals surface area contributed by atoms with Gasteiger partial charge in [-0.1, -0.05) is 41.4 Å². The number of hydrogen-bond donors (Lipinski definition) is 2. The highest BCUT2D eigenvalue weighted by Crippen LogP contribution is 2.29.